The predicted molar refractivity (Wildman–Crippen MR) is 91.7 cm³/mol. The Morgan fingerprint density at radius 1 is 1.28 bits per heavy atom. The Kier molecular flexibility index (Phi) is 5.50. The SMILES string of the molecule is CC#Cc1ccc(N(C=O)C(C(=O)OC)C2(OC)CS(=O)(=O)C2)cc1. The maximum atomic E-state index is 12.3. The number of carbonyl (C=O) groups excluding carboxylic acids is 2. The number of rotatable bonds is 6. The van der Waals surface area contributed by atoms with E-state index in [9.17, 15) is 18.0 Å². The van der Waals surface area contributed by atoms with Crippen molar-refractivity contribution in [3.05, 3.63) is 29.8 Å². The molecule has 2 rings (SSSR count). The molecule has 0 radical (unpaired) electrons. The summed E-state index contributed by atoms with van der Waals surface area (Å²) in [5.74, 6) is 4.17. The molecule has 0 saturated carbocycles. The summed E-state index contributed by atoms with van der Waals surface area (Å²) in [6, 6.07) is 5.44. The van der Waals surface area contributed by atoms with Gasteiger partial charge in [-0.05, 0) is 31.2 Å². The lowest BCUT2D eigenvalue weighted by Crippen LogP contribution is -2.70. The van der Waals surface area contributed by atoms with Gasteiger partial charge < -0.3 is 9.47 Å². The molecular formula is C17H19NO6S. The fourth-order valence-corrected chi connectivity index (χ4v) is 4.87. The summed E-state index contributed by atoms with van der Waals surface area (Å²) in [6.45, 7) is 1.71. The van der Waals surface area contributed by atoms with E-state index in [0.717, 1.165) is 10.5 Å². The number of hydrogen-bond acceptors (Lipinski definition) is 6. The first kappa shape index (κ1) is 19.0. The number of anilines is 1. The van der Waals surface area contributed by atoms with Crippen LogP contribution in [0.5, 0.6) is 0 Å². The predicted octanol–water partition coefficient (Wildman–Crippen LogP) is 0.376. The first-order valence-corrected chi connectivity index (χ1v) is 9.24. The molecule has 134 valence electrons. The lowest BCUT2D eigenvalue weighted by Gasteiger charge is -2.46. The number of ether oxygens (including phenoxy) is 2. The molecular weight excluding hydrogens is 346 g/mol. The molecule has 1 aliphatic heterocycles. The van der Waals surface area contributed by atoms with E-state index >= 15 is 0 Å². The summed E-state index contributed by atoms with van der Waals surface area (Å²) in [6.07, 6.45) is 0.466. The van der Waals surface area contributed by atoms with Crippen molar-refractivity contribution in [2.45, 2.75) is 18.6 Å². The summed E-state index contributed by atoms with van der Waals surface area (Å²) in [5, 5.41) is 0. The first-order valence-electron chi connectivity index (χ1n) is 7.42. The molecule has 1 heterocycles. The molecule has 1 fully saturated rings. The summed E-state index contributed by atoms with van der Waals surface area (Å²) in [4.78, 5) is 25.2. The van der Waals surface area contributed by atoms with Gasteiger partial charge in [0, 0.05) is 18.4 Å². The lowest BCUT2D eigenvalue weighted by atomic mass is 9.95. The molecule has 1 atom stereocenters. The number of amides is 1. The Balaban J connectivity index is 2.45. The number of carbonyl (C=O) groups is 2. The summed E-state index contributed by atoms with van der Waals surface area (Å²) >= 11 is 0. The maximum absolute atomic E-state index is 12.3. The monoisotopic (exact) mass is 365 g/mol. The van der Waals surface area contributed by atoms with E-state index in [0.29, 0.717) is 12.1 Å². The number of nitrogens with zero attached hydrogens (tertiary/aromatic N) is 1. The maximum Gasteiger partial charge on any atom is 0.332 e. The molecule has 0 bridgehead atoms. The van der Waals surface area contributed by atoms with Crippen molar-refractivity contribution in [3.8, 4) is 11.8 Å². The topological polar surface area (TPSA) is 90.0 Å². The van der Waals surface area contributed by atoms with Crippen molar-refractivity contribution >= 4 is 27.9 Å². The highest BCUT2D eigenvalue weighted by molar-refractivity contribution is 7.93. The van der Waals surface area contributed by atoms with Gasteiger partial charge in [0.25, 0.3) is 0 Å². The molecule has 7 nitrogen and oxygen atoms in total. The van der Waals surface area contributed by atoms with Gasteiger partial charge in [0.1, 0.15) is 5.60 Å². The number of esters is 1. The van der Waals surface area contributed by atoms with E-state index in [-0.39, 0.29) is 11.5 Å². The second-order valence-corrected chi connectivity index (χ2v) is 7.73. The van der Waals surface area contributed by atoms with E-state index in [2.05, 4.69) is 11.8 Å². The van der Waals surface area contributed by atoms with Crippen LogP contribution in [0.4, 0.5) is 5.69 Å². The van der Waals surface area contributed by atoms with Gasteiger partial charge in [0.2, 0.25) is 6.41 Å². The van der Waals surface area contributed by atoms with Crippen LogP contribution in [0.25, 0.3) is 0 Å². The van der Waals surface area contributed by atoms with Crippen molar-refractivity contribution in [1.82, 2.24) is 0 Å². The zero-order chi connectivity index (χ0) is 18.7. The molecule has 1 aliphatic rings. The van der Waals surface area contributed by atoms with E-state index in [1.54, 1.807) is 31.2 Å². The van der Waals surface area contributed by atoms with Crippen molar-refractivity contribution in [2.24, 2.45) is 0 Å². The zero-order valence-electron chi connectivity index (χ0n) is 14.2. The van der Waals surface area contributed by atoms with E-state index in [1.807, 2.05) is 0 Å². The average molecular weight is 365 g/mol. The molecule has 25 heavy (non-hydrogen) atoms. The molecule has 0 spiro atoms. The second kappa shape index (κ2) is 7.25. The van der Waals surface area contributed by atoms with Crippen molar-refractivity contribution in [3.63, 3.8) is 0 Å². The van der Waals surface area contributed by atoms with Gasteiger partial charge in [0.05, 0.1) is 18.6 Å². The molecule has 1 aromatic rings. The molecule has 8 heteroatoms. The summed E-state index contributed by atoms with van der Waals surface area (Å²) in [5.41, 5.74) is -0.179. The highest BCUT2D eigenvalue weighted by atomic mass is 32.2. The van der Waals surface area contributed by atoms with Crippen molar-refractivity contribution in [1.29, 1.82) is 0 Å². The highest BCUT2D eigenvalue weighted by Gasteiger charge is 2.59. The van der Waals surface area contributed by atoms with Crippen LogP contribution in [0.3, 0.4) is 0 Å². The van der Waals surface area contributed by atoms with Gasteiger partial charge in [-0.3, -0.25) is 9.69 Å². The van der Waals surface area contributed by atoms with E-state index in [4.69, 9.17) is 9.47 Å². The van der Waals surface area contributed by atoms with Crippen LogP contribution in [0.1, 0.15) is 12.5 Å². The lowest BCUT2D eigenvalue weighted by molar-refractivity contribution is -0.150. The zero-order valence-corrected chi connectivity index (χ0v) is 15.0. The fourth-order valence-electron chi connectivity index (χ4n) is 2.92. The van der Waals surface area contributed by atoms with Crippen LogP contribution in [0, 0.1) is 11.8 Å². The standard InChI is InChI=1S/C17H19NO6S/c1-4-5-13-6-8-14(9-7-13)18(12-19)15(16(20)23-2)17(24-3)10-25(21,22)11-17/h6-9,12,15H,10-11H2,1-3H3. The fraction of sp³-hybridized carbons (Fsp3) is 0.412. The van der Waals surface area contributed by atoms with Gasteiger partial charge in [0.15, 0.2) is 15.9 Å². The Morgan fingerprint density at radius 3 is 2.28 bits per heavy atom. The molecule has 1 saturated heterocycles. The second-order valence-electron chi connectivity index (χ2n) is 5.66. The normalized spacial score (nSPS) is 18.0. The minimum Gasteiger partial charge on any atom is -0.467 e. The third-order valence-electron chi connectivity index (χ3n) is 4.08. The minimum absolute atomic E-state index is 0.361. The minimum atomic E-state index is -3.32. The van der Waals surface area contributed by atoms with Gasteiger partial charge in [-0.2, -0.15) is 0 Å². The number of methoxy groups -OCH3 is 2. The Labute approximate surface area is 146 Å². The smallest absolute Gasteiger partial charge is 0.332 e. The summed E-state index contributed by atoms with van der Waals surface area (Å²) in [7, 11) is -0.831. The molecule has 0 aliphatic carbocycles. The average Bonchev–Trinajstić information content (AvgIpc) is 2.57. The molecule has 1 aromatic carbocycles. The Hall–Kier alpha value is -2.37. The van der Waals surface area contributed by atoms with E-state index < -0.39 is 27.4 Å². The molecule has 0 aromatic heterocycles. The molecule has 0 N–H and O–H groups in total. The van der Waals surface area contributed by atoms with Crippen molar-refractivity contribution < 1.29 is 27.5 Å². The van der Waals surface area contributed by atoms with Crippen LogP contribution in [0.15, 0.2) is 24.3 Å². The third kappa shape index (κ3) is 3.67. The van der Waals surface area contributed by atoms with Gasteiger partial charge in [-0.25, -0.2) is 13.2 Å². The van der Waals surface area contributed by atoms with Gasteiger partial charge in [-0.1, -0.05) is 5.92 Å². The van der Waals surface area contributed by atoms with Gasteiger partial charge >= 0.3 is 5.97 Å². The molecule has 1 amide bonds. The highest BCUT2D eigenvalue weighted by Crippen LogP contribution is 2.35. The quantitative estimate of drug-likeness (QED) is 0.411. The van der Waals surface area contributed by atoms with Crippen molar-refractivity contribution in [2.75, 3.05) is 30.6 Å². The third-order valence-corrected chi connectivity index (χ3v) is 5.94. The van der Waals surface area contributed by atoms with Crippen LogP contribution >= 0.6 is 0 Å². The summed E-state index contributed by atoms with van der Waals surface area (Å²) < 4.78 is 33.5. The Bertz CT molecular complexity index is 807. The Morgan fingerprint density at radius 2 is 1.88 bits per heavy atom. The number of sulfone groups is 1. The van der Waals surface area contributed by atoms with Crippen LogP contribution in [0.2, 0.25) is 0 Å². The number of hydrogen-bond donors (Lipinski definition) is 0. The first-order chi connectivity index (χ1) is 11.8. The number of benzene rings is 1. The van der Waals surface area contributed by atoms with Gasteiger partial charge in [-0.15, -0.1) is 5.92 Å². The van der Waals surface area contributed by atoms with E-state index in [1.165, 1.54) is 14.2 Å². The van der Waals surface area contributed by atoms with Crippen LogP contribution < -0.4 is 4.90 Å². The molecule has 1 unspecified atom stereocenters. The van der Waals surface area contributed by atoms with Crippen LogP contribution in [-0.2, 0) is 28.9 Å². The largest absolute Gasteiger partial charge is 0.467 e. The van der Waals surface area contributed by atoms with Crippen LogP contribution in [-0.4, -0.2) is 58.2 Å².